The van der Waals surface area contributed by atoms with Crippen LogP contribution in [0.15, 0.2) is 29.3 Å². The lowest BCUT2D eigenvalue weighted by molar-refractivity contribution is 0.0819. The van der Waals surface area contributed by atoms with Gasteiger partial charge in [-0.1, -0.05) is 13.8 Å². The molecule has 2 N–H and O–H groups in total. The van der Waals surface area contributed by atoms with Crippen LogP contribution in [0.5, 0.6) is 5.75 Å². The zero-order chi connectivity index (χ0) is 15.3. The molecule has 0 bridgehead atoms. The van der Waals surface area contributed by atoms with Crippen molar-refractivity contribution in [3.63, 3.8) is 0 Å². The van der Waals surface area contributed by atoms with E-state index in [1.807, 2.05) is 29.7 Å². The number of rotatable bonds is 11. The van der Waals surface area contributed by atoms with E-state index in [-0.39, 0.29) is 0 Å². The highest BCUT2D eigenvalue weighted by Crippen LogP contribution is 2.17. The highest BCUT2D eigenvalue weighted by molar-refractivity contribution is 5.59. The minimum Gasteiger partial charge on any atom is -0.491 e. The van der Waals surface area contributed by atoms with Gasteiger partial charge in [-0.15, -0.1) is 0 Å². The lowest BCUT2D eigenvalue weighted by atomic mass is 10.3. The molecule has 1 aromatic rings. The van der Waals surface area contributed by atoms with Gasteiger partial charge in [-0.3, -0.25) is 10.7 Å². The van der Waals surface area contributed by atoms with Crippen LogP contribution < -0.4 is 10.2 Å². The van der Waals surface area contributed by atoms with E-state index < -0.39 is 0 Å². The minimum atomic E-state index is 0.527. The van der Waals surface area contributed by atoms with Crippen LogP contribution >= 0.6 is 0 Å². The van der Waals surface area contributed by atoms with Gasteiger partial charge < -0.3 is 14.4 Å². The largest absolute Gasteiger partial charge is 0.491 e. The van der Waals surface area contributed by atoms with Crippen molar-refractivity contribution in [1.29, 1.82) is 0 Å². The first-order valence-corrected chi connectivity index (χ1v) is 7.25. The second-order valence-corrected chi connectivity index (χ2v) is 4.37. The maximum atomic E-state index is 8.39. The van der Waals surface area contributed by atoms with E-state index in [4.69, 9.17) is 14.7 Å². The van der Waals surface area contributed by atoms with E-state index in [0.29, 0.717) is 13.2 Å². The van der Waals surface area contributed by atoms with Gasteiger partial charge in [0.2, 0.25) is 0 Å². The van der Waals surface area contributed by atoms with Gasteiger partial charge in [0.25, 0.3) is 0 Å². The summed E-state index contributed by atoms with van der Waals surface area (Å²) in [5.74, 6) is 0.776. The average Bonchev–Trinajstić information content (AvgIpc) is 2.53. The van der Waals surface area contributed by atoms with Gasteiger partial charge in [0.1, 0.15) is 18.7 Å². The fourth-order valence-corrected chi connectivity index (χ4v) is 1.79. The molecule has 6 heteroatoms. The lowest BCUT2D eigenvalue weighted by Crippen LogP contribution is -2.27. The molecule has 1 aromatic carbocycles. The lowest BCUT2D eigenvalue weighted by Gasteiger charge is -2.17. The van der Waals surface area contributed by atoms with Crippen LogP contribution in [0, 0.1) is 0 Å². The van der Waals surface area contributed by atoms with E-state index in [1.54, 1.807) is 0 Å². The van der Waals surface area contributed by atoms with Crippen LogP contribution in [0.3, 0.4) is 0 Å². The Labute approximate surface area is 126 Å². The van der Waals surface area contributed by atoms with Crippen molar-refractivity contribution < 1.29 is 14.7 Å². The summed E-state index contributed by atoms with van der Waals surface area (Å²) in [6.07, 6.45) is 1.21. The summed E-state index contributed by atoms with van der Waals surface area (Å²) < 4.78 is 11.1. The van der Waals surface area contributed by atoms with Crippen LogP contribution in [-0.4, -0.2) is 55.9 Å². The van der Waals surface area contributed by atoms with Crippen molar-refractivity contribution in [3.05, 3.63) is 24.3 Å². The Morgan fingerprint density at radius 3 is 2.48 bits per heavy atom. The van der Waals surface area contributed by atoms with Crippen molar-refractivity contribution in [1.82, 2.24) is 10.4 Å². The number of hydroxylamine groups is 1. The van der Waals surface area contributed by atoms with Crippen molar-refractivity contribution in [2.24, 2.45) is 4.99 Å². The summed E-state index contributed by atoms with van der Waals surface area (Å²) in [6.45, 7) is 9.20. The Balaban J connectivity index is 2.14. The summed E-state index contributed by atoms with van der Waals surface area (Å²) >= 11 is 0. The quantitative estimate of drug-likeness (QED) is 0.283. The summed E-state index contributed by atoms with van der Waals surface area (Å²) in [7, 11) is 0. The average molecular weight is 295 g/mol. The zero-order valence-electron chi connectivity index (χ0n) is 12.8. The topological polar surface area (TPSA) is 66.3 Å². The van der Waals surface area contributed by atoms with Crippen LogP contribution in [-0.2, 0) is 4.74 Å². The van der Waals surface area contributed by atoms with Gasteiger partial charge in [-0.25, -0.2) is 4.99 Å². The second-order valence-electron chi connectivity index (χ2n) is 4.37. The Morgan fingerprint density at radius 1 is 1.14 bits per heavy atom. The number of hydrogen-bond donors (Lipinski definition) is 2. The Kier molecular flexibility index (Phi) is 9.19. The Bertz CT molecular complexity index is 392. The highest BCUT2D eigenvalue weighted by Gasteiger charge is 1.98. The number of nitrogens with zero attached hydrogens (tertiary/aromatic N) is 2. The molecule has 21 heavy (non-hydrogen) atoms. The number of hydrogen-bond acceptors (Lipinski definition) is 5. The number of ether oxygens (including phenoxy) is 2. The van der Waals surface area contributed by atoms with Gasteiger partial charge in [0.05, 0.1) is 18.9 Å². The molecule has 6 nitrogen and oxygen atoms in total. The van der Waals surface area contributed by atoms with Gasteiger partial charge >= 0.3 is 0 Å². The van der Waals surface area contributed by atoms with Gasteiger partial charge in [-0.2, -0.15) is 0 Å². The predicted octanol–water partition coefficient (Wildman–Crippen LogP) is 2.06. The van der Waals surface area contributed by atoms with Crippen molar-refractivity contribution in [3.8, 4) is 5.75 Å². The molecule has 0 unspecified atom stereocenters. The molecule has 0 spiro atoms. The monoisotopic (exact) mass is 295 g/mol. The van der Waals surface area contributed by atoms with E-state index in [0.717, 1.165) is 37.7 Å². The number of likely N-dealkylation sites (N-methyl/N-ethyl adjacent to an activating group) is 1. The molecule has 0 heterocycles. The molecule has 1 rings (SSSR count). The maximum absolute atomic E-state index is 8.39. The summed E-state index contributed by atoms with van der Waals surface area (Å²) in [5.41, 5.74) is 2.59. The summed E-state index contributed by atoms with van der Waals surface area (Å²) in [4.78, 5) is 6.27. The van der Waals surface area contributed by atoms with Crippen LogP contribution in [0.4, 0.5) is 5.69 Å². The molecule has 0 atom stereocenters. The van der Waals surface area contributed by atoms with Crippen molar-refractivity contribution >= 4 is 12.0 Å². The van der Waals surface area contributed by atoms with E-state index in [9.17, 15) is 0 Å². The third kappa shape index (κ3) is 7.65. The molecular weight excluding hydrogens is 270 g/mol. The molecule has 0 aliphatic carbocycles. The van der Waals surface area contributed by atoms with Gasteiger partial charge in [-0.05, 0) is 37.4 Å². The van der Waals surface area contributed by atoms with Crippen molar-refractivity contribution in [2.75, 3.05) is 39.5 Å². The smallest absolute Gasteiger partial charge is 0.119 e. The van der Waals surface area contributed by atoms with Crippen molar-refractivity contribution in [2.45, 2.75) is 13.8 Å². The molecule has 0 aliphatic rings. The van der Waals surface area contributed by atoms with Crippen LogP contribution in [0.25, 0.3) is 0 Å². The molecule has 0 saturated carbocycles. The first-order chi connectivity index (χ1) is 10.3. The summed E-state index contributed by atoms with van der Waals surface area (Å²) in [5, 5.41) is 8.39. The van der Waals surface area contributed by atoms with E-state index in [1.165, 1.54) is 6.34 Å². The van der Waals surface area contributed by atoms with Gasteiger partial charge in [0.15, 0.2) is 0 Å². The summed E-state index contributed by atoms with van der Waals surface area (Å²) in [6, 6.07) is 7.29. The molecule has 0 saturated heterocycles. The van der Waals surface area contributed by atoms with Gasteiger partial charge in [0, 0.05) is 6.54 Å². The third-order valence-electron chi connectivity index (χ3n) is 3.05. The Morgan fingerprint density at radius 2 is 1.86 bits per heavy atom. The number of nitrogens with one attached hydrogen (secondary N) is 1. The first kappa shape index (κ1) is 17.4. The fourth-order valence-electron chi connectivity index (χ4n) is 1.79. The molecule has 118 valence electrons. The standard InChI is InChI=1S/C15H25N3O3/c1-3-18(4-2)9-10-20-11-12-21-15-7-5-14(6-8-15)16-13-17-19/h5-8,13,19H,3-4,9-12H2,1-2H3,(H,16,17). The minimum absolute atomic E-state index is 0.527. The molecule has 0 aliphatic heterocycles. The molecule has 0 amide bonds. The zero-order valence-corrected chi connectivity index (χ0v) is 12.8. The van der Waals surface area contributed by atoms with Crippen LogP contribution in [0.2, 0.25) is 0 Å². The first-order valence-electron chi connectivity index (χ1n) is 7.25. The maximum Gasteiger partial charge on any atom is 0.119 e. The Hall–Kier alpha value is -1.63. The normalized spacial score (nSPS) is 11.2. The van der Waals surface area contributed by atoms with Crippen LogP contribution in [0.1, 0.15) is 13.8 Å². The molecule has 0 radical (unpaired) electrons. The molecule has 0 fully saturated rings. The molecule has 0 aromatic heterocycles. The predicted molar refractivity (Wildman–Crippen MR) is 83.6 cm³/mol. The second kappa shape index (κ2) is 11.1. The molecular formula is C15H25N3O3. The SMILES string of the molecule is CCN(CC)CCOCCOc1ccc(N=CNO)cc1. The van der Waals surface area contributed by atoms with E-state index >= 15 is 0 Å². The van der Waals surface area contributed by atoms with E-state index in [2.05, 4.69) is 23.7 Å². The third-order valence-corrected chi connectivity index (χ3v) is 3.05. The number of benzene rings is 1. The fraction of sp³-hybridized carbons (Fsp3) is 0.533. The highest BCUT2D eigenvalue weighted by atomic mass is 16.5. The number of aliphatic imine (C=N–C) groups is 1.